The number of ether oxygens (including phenoxy) is 4. The highest BCUT2D eigenvalue weighted by molar-refractivity contribution is 6.25. The number of anilines is 5. The van der Waals surface area contributed by atoms with Crippen LogP contribution in [-0.4, -0.2) is 164 Å². The van der Waals surface area contributed by atoms with Crippen molar-refractivity contribution in [3.63, 3.8) is 0 Å². The van der Waals surface area contributed by atoms with Gasteiger partial charge < -0.3 is 44.6 Å². The first-order valence-corrected chi connectivity index (χ1v) is 22.8. The number of rotatable bonds is 23. The summed E-state index contributed by atoms with van der Waals surface area (Å²) in [6, 6.07) is 12.2. The largest absolute Gasteiger partial charge is 0.382 e. The Morgan fingerprint density at radius 2 is 1.55 bits per heavy atom. The van der Waals surface area contributed by atoms with Gasteiger partial charge in [0.15, 0.2) is 11.5 Å². The number of piperidine rings is 1. The number of nitrogens with two attached hydrogens (primary N) is 1. The highest BCUT2D eigenvalue weighted by Crippen LogP contribution is 2.32. The number of piperazine rings is 1. The number of nitrogen functional groups attached to an aromatic ring is 1. The SMILES string of the molecule is Nc1cncc(-c2cn3ccnc3c(Nc3ccc(N4CCN(Cc5cn(CCOCCOCCOCCOCCNc6cccc7c6C(=O)N(C6CCC(=O)NC6=O)C7=O)nn5)CC4)cc3)n2)n1. The van der Waals surface area contributed by atoms with E-state index >= 15 is 0 Å². The number of nitrogens with zero attached hydrogens (tertiary/aromatic N) is 11. The van der Waals surface area contributed by atoms with Gasteiger partial charge in [-0.05, 0) is 42.8 Å². The molecule has 9 rings (SSSR count). The Kier molecular flexibility index (Phi) is 15.0. The summed E-state index contributed by atoms with van der Waals surface area (Å²) in [7, 11) is 0. The van der Waals surface area contributed by atoms with Gasteiger partial charge in [0.05, 0.1) is 88.6 Å². The number of amides is 4. The maximum atomic E-state index is 13.2. The van der Waals surface area contributed by atoms with Gasteiger partial charge in [-0.1, -0.05) is 11.3 Å². The summed E-state index contributed by atoms with van der Waals surface area (Å²) < 4.78 is 26.3. The van der Waals surface area contributed by atoms with Gasteiger partial charge in [0.25, 0.3) is 11.8 Å². The molecule has 0 saturated carbocycles. The monoisotopic (exact) mass is 943 g/mol. The van der Waals surface area contributed by atoms with Gasteiger partial charge in [0.2, 0.25) is 11.8 Å². The fourth-order valence-corrected chi connectivity index (χ4v) is 8.29. The number of fused-ring (bicyclic) bond motifs is 2. The summed E-state index contributed by atoms with van der Waals surface area (Å²) in [4.78, 5) is 73.7. The molecule has 3 aliphatic rings. The molecule has 2 saturated heterocycles. The number of hydrogen-bond acceptors (Lipinski definition) is 19. The molecule has 1 unspecified atom stereocenters. The number of imidazole rings is 1. The number of aromatic nitrogens is 8. The van der Waals surface area contributed by atoms with E-state index in [1.54, 1.807) is 35.3 Å². The predicted octanol–water partition coefficient (Wildman–Crippen LogP) is 2.01. The van der Waals surface area contributed by atoms with E-state index < -0.39 is 29.7 Å². The number of carbonyl (C=O) groups is 4. The second-order valence-corrected chi connectivity index (χ2v) is 16.4. The van der Waals surface area contributed by atoms with Crippen LogP contribution in [0, 0.1) is 0 Å². The molecule has 23 nitrogen and oxygen atoms in total. The average Bonchev–Trinajstić information content (AvgIpc) is 4.09. The lowest BCUT2D eigenvalue weighted by Crippen LogP contribution is -2.54. The van der Waals surface area contributed by atoms with E-state index in [2.05, 4.69) is 63.1 Å². The van der Waals surface area contributed by atoms with Gasteiger partial charge in [0.1, 0.15) is 23.2 Å². The van der Waals surface area contributed by atoms with E-state index in [0.717, 1.165) is 54.7 Å². The van der Waals surface area contributed by atoms with Crippen LogP contribution in [0.25, 0.3) is 17.0 Å². The Morgan fingerprint density at radius 3 is 2.30 bits per heavy atom. The van der Waals surface area contributed by atoms with E-state index in [9.17, 15) is 19.2 Å². The van der Waals surface area contributed by atoms with Crippen molar-refractivity contribution in [1.29, 1.82) is 0 Å². The summed E-state index contributed by atoms with van der Waals surface area (Å²) in [6.45, 7) is 8.57. The molecule has 0 spiro atoms. The van der Waals surface area contributed by atoms with Crippen LogP contribution < -0.4 is 26.6 Å². The predicted molar refractivity (Wildman–Crippen MR) is 251 cm³/mol. The fraction of sp³-hybridized carbons (Fsp3) is 0.391. The summed E-state index contributed by atoms with van der Waals surface area (Å²) >= 11 is 0. The molecule has 4 aromatic heterocycles. The number of benzene rings is 2. The summed E-state index contributed by atoms with van der Waals surface area (Å²) in [5.41, 5.74) is 11.6. The van der Waals surface area contributed by atoms with Crippen LogP contribution >= 0.6 is 0 Å². The Labute approximate surface area is 396 Å². The molecule has 4 amide bonds. The van der Waals surface area contributed by atoms with Gasteiger partial charge in [-0.2, -0.15) is 0 Å². The molecule has 0 bridgehead atoms. The van der Waals surface area contributed by atoms with E-state index in [-0.39, 0.29) is 24.0 Å². The topological polar surface area (TPSA) is 264 Å². The highest BCUT2D eigenvalue weighted by atomic mass is 16.6. The lowest BCUT2D eigenvalue weighted by molar-refractivity contribution is -0.136. The van der Waals surface area contributed by atoms with Crippen LogP contribution in [0.4, 0.5) is 28.7 Å². The maximum Gasteiger partial charge on any atom is 0.264 e. The molecule has 5 N–H and O–H groups in total. The second-order valence-electron chi connectivity index (χ2n) is 16.4. The van der Waals surface area contributed by atoms with Crippen LogP contribution in [-0.2, 0) is 41.6 Å². The van der Waals surface area contributed by atoms with E-state index in [1.165, 1.54) is 6.20 Å². The Morgan fingerprint density at radius 1 is 0.797 bits per heavy atom. The van der Waals surface area contributed by atoms with Crippen LogP contribution in [0.2, 0.25) is 0 Å². The smallest absolute Gasteiger partial charge is 0.264 e. The number of imide groups is 2. The van der Waals surface area contributed by atoms with Crippen LogP contribution in [0.1, 0.15) is 39.3 Å². The molecule has 3 aliphatic heterocycles. The molecule has 6 aromatic rings. The molecular weight excluding hydrogens is 891 g/mol. The zero-order valence-electron chi connectivity index (χ0n) is 37.9. The second kappa shape index (κ2) is 22.1. The molecular formula is C46H53N15O8. The van der Waals surface area contributed by atoms with Crippen molar-refractivity contribution >= 4 is 58.0 Å². The highest BCUT2D eigenvalue weighted by Gasteiger charge is 2.45. The summed E-state index contributed by atoms with van der Waals surface area (Å²) in [5, 5.41) is 17.5. The maximum absolute atomic E-state index is 13.2. The average molecular weight is 944 g/mol. The van der Waals surface area contributed by atoms with Gasteiger partial charge in [0, 0.05) is 87.5 Å². The normalized spacial score (nSPS) is 16.4. The van der Waals surface area contributed by atoms with Crippen molar-refractivity contribution in [3.8, 4) is 11.4 Å². The van der Waals surface area contributed by atoms with Gasteiger partial charge in [-0.15, -0.1) is 5.10 Å². The molecule has 2 fully saturated rings. The third-order valence-electron chi connectivity index (χ3n) is 11.7. The first-order valence-electron chi connectivity index (χ1n) is 22.8. The minimum absolute atomic E-state index is 0.0621. The lowest BCUT2D eigenvalue weighted by atomic mass is 10.0. The first kappa shape index (κ1) is 46.7. The molecule has 69 heavy (non-hydrogen) atoms. The summed E-state index contributed by atoms with van der Waals surface area (Å²) in [6.07, 6.45) is 10.7. The molecule has 360 valence electrons. The van der Waals surface area contributed by atoms with Crippen molar-refractivity contribution in [1.82, 2.24) is 54.4 Å². The Bertz CT molecular complexity index is 2760. The first-order chi connectivity index (χ1) is 33.8. The molecule has 2 aromatic carbocycles. The third kappa shape index (κ3) is 11.5. The van der Waals surface area contributed by atoms with Crippen LogP contribution in [0.5, 0.6) is 0 Å². The van der Waals surface area contributed by atoms with Crippen LogP contribution in [0.15, 0.2) is 79.6 Å². The van der Waals surface area contributed by atoms with Crippen molar-refractivity contribution < 1.29 is 38.1 Å². The molecule has 7 heterocycles. The Hall–Kier alpha value is -7.44. The fourth-order valence-electron chi connectivity index (χ4n) is 8.29. The van der Waals surface area contributed by atoms with Crippen LogP contribution in [0.3, 0.4) is 0 Å². The minimum Gasteiger partial charge on any atom is -0.382 e. The molecule has 0 aliphatic carbocycles. The number of nitrogens with one attached hydrogen (secondary N) is 3. The number of hydrogen-bond donors (Lipinski definition) is 4. The van der Waals surface area contributed by atoms with Crippen molar-refractivity contribution in [2.45, 2.75) is 32.0 Å². The van der Waals surface area contributed by atoms with Gasteiger partial charge in [-0.3, -0.25) is 39.3 Å². The van der Waals surface area contributed by atoms with Gasteiger partial charge in [-0.25, -0.2) is 19.6 Å². The lowest BCUT2D eigenvalue weighted by Gasteiger charge is -2.35. The van der Waals surface area contributed by atoms with Crippen molar-refractivity contribution in [3.05, 3.63) is 96.5 Å². The zero-order valence-corrected chi connectivity index (χ0v) is 37.9. The van der Waals surface area contributed by atoms with Gasteiger partial charge >= 0.3 is 0 Å². The minimum atomic E-state index is -1.02. The molecule has 1 atom stereocenters. The summed E-state index contributed by atoms with van der Waals surface area (Å²) in [5.74, 6) is -1.25. The zero-order chi connectivity index (χ0) is 47.5. The Balaban J connectivity index is 0.593. The quantitative estimate of drug-likeness (QED) is 0.0529. The van der Waals surface area contributed by atoms with Crippen molar-refractivity contribution in [2.24, 2.45) is 0 Å². The van der Waals surface area contributed by atoms with E-state index in [0.29, 0.717) is 100 Å². The van der Waals surface area contributed by atoms with E-state index in [4.69, 9.17) is 29.7 Å². The standard InChI is InChI=1S/C46H53N15O8/c47-39-27-48-26-36(52-39)37-30-59-12-10-50-43(59)42(53-37)51-31-4-6-33(7-5-31)58-15-13-57(14-16-58)28-32-29-60(56-55-32)17-19-67-21-23-69-25-24-68-22-20-66-18-11-49-35-3-1-2-34-41(35)46(65)61(45(34)64)38-8-9-40(62)54-44(38)63/h1-7,10,12,26-27,29-30,38,49H,8-9,11,13-25,28H2,(H2,47,52)(H,51,53)(H,54,62,63). The molecule has 0 radical (unpaired) electrons. The van der Waals surface area contributed by atoms with Crippen molar-refractivity contribution in [2.75, 3.05) is 107 Å². The molecule has 23 heteroatoms. The van der Waals surface area contributed by atoms with E-state index in [1.807, 2.05) is 35.1 Å². The third-order valence-corrected chi connectivity index (χ3v) is 11.7. The number of carbonyl (C=O) groups excluding carboxylic acids is 4.